The van der Waals surface area contributed by atoms with Crippen molar-refractivity contribution in [3.05, 3.63) is 243 Å². The van der Waals surface area contributed by atoms with Gasteiger partial charge in [0.1, 0.15) is 11.2 Å². The second-order valence-corrected chi connectivity index (χ2v) is 18.7. The molecule has 14 aromatic rings. The monoisotopic (exact) mass is 884 g/mol. The maximum Gasteiger partial charge on any atom is 0.143 e. The van der Waals surface area contributed by atoms with E-state index in [0.29, 0.717) is 0 Å². The van der Waals surface area contributed by atoms with Gasteiger partial charge in [0.15, 0.2) is 0 Å². The van der Waals surface area contributed by atoms with Gasteiger partial charge in [-0.25, -0.2) is 0 Å². The number of hydrogen-bond acceptors (Lipinski definition) is 3. The van der Waals surface area contributed by atoms with Crippen LogP contribution in [-0.4, -0.2) is 4.57 Å². The third-order valence-corrected chi connectivity index (χ3v) is 15.0. The summed E-state index contributed by atoms with van der Waals surface area (Å²) in [4.78, 5) is 2.45. The van der Waals surface area contributed by atoms with Crippen LogP contribution in [-0.2, 0) is 0 Å². The quantitative estimate of drug-likeness (QED) is 0.159. The number of thiophene rings is 1. The van der Waals surface area contributed by atoms with Gasteiger partial charge in [0.05, 0.1) is 16.7 Å². The third kappa shape index (κ3) is 6.12. The first-order valence-electron chi connectivity index (χ1n) is 23.2. The molecule has 3 heterocycles. The SMILES string of the molecule is c1cc(-c2cccc3c2oc2ccccc23)cc(N(c2ccc(-c3ccc4ccccc4c3)cc2)c2ccc(-c3cccc(-n4c5ccccc5c5ccccc54)c3)c3sc4ccccc4c23)c1. The lowest BCUT2D eigenvalue weighted by Gasteiger charge is -2.28. The number of rotatable bonds is 7. The Morgan fingerprint density at radius 2 is 1.03 bits per heavy atom. The van der Waals surface area contributed by atoms with Gasteiger partial charge in [0.2, 0.25) is 0 Å². The molecule has 0 aliphatic heterocycles. The molecule has 0 saturated carbocycles. The van der Waals surface area contributed by atoms with E-state index in [1.165, 1.54) is 75.0 Å². The molecule has 14 rings (SSSR count). The summed E-state index contributed by atoms with van der Waals surface area (Å²) in [6, 6.07) is 88.3. The normalized spacial score (nSPS) is 11.8. The minimum Gasteiger partial charge on any atom is -0.455 e. The molecular formula is C64H40N2OS. The molecule has 0 amide bonds. The first kappa shape index (κ1) is 38.6. The average molecular weight is 885 g/mol. The third-order valence-electron chi connectivity index (χ3n) is 13.8. The second-order valence-electron chi connectivity index (χ2n) is 17.6. The topological polar surface area (TPSA) is 21.3 Å². The van der Waals surface area contributed by atoms with Crippen LogP contribution in [0.2, 0.25) is 0 Å². The zero-order chi connectivity index (χ0) is 44.7. The van der Waals surface area contributed by atoms with Crippen LogP contribution in [0.4, 0.5) is 17.1 Å². The van der Waals surface area contributed by atoms with Crippen LogP contribution in [0.1, 0.15) is 0 Å². The van der Waals surface area contributed by atoms with Crippen LogP contribution >= 0.6 is 11.3 Å². The second kappa shape index (κ2) is 15.5. The fourth-order valence-electron chi connectivity index (χ4n) is 10.6. The molecule has 0 fully saturated rings. The highest BCUT2D eigenvalue weighted by atomic mass is 32.1. The molecule has 3 aromatic heterocycles. The van der Waals surface area contributed by atoms with Gasteiger partial charge in [-0.1, -0.05) is 170 Å². The number of hydrogen-bond donors (Lipinski definition) is 0. The number of benzene rings is 11. The van der Waals surface area contributed by atoms with E-state index in [9.17, 15) is 0 Å². The average Bonchev–Trinajstić information content (AvgIpc) is 4.09. The highest BCUT2D eigenvalue weighted by molar-refractivity contribution is 7.26. The Kier molecular flexibility index (Phi) is 8.76. The first-order chi connectivity index (χ1) is 33.7. The minimum atomic E-state index is 0.895. The van der Waals surface area contributed by atoms with Crippen molar-refractivity contribution in [3.8, 4) is 39.1 Å². The molecule has 0 N–H and O–H groups in total. The lowest BCUT2D eigenvalue weighted by molar-refractivity contribution is 0.670. The maximum atomic E-state index is 6.60. The van der Waals surface area contributed by atoms with Crippen molar-refractivity contribution in [2.75, 3.05) is 4.90 Å². The van der Waals surface area contributed by atoms with Crippen LogP contribution in [0, 0.1) is 0 Å². The van der Waals surface area contributed by atoms with E-state index in [1.54, 1.807) is 0 Å². The number of nitrogens with zero attached hydrogens (tertiary/aromatic N) is 2. The molecule has 3 nitrogen and oxygen atoms in total. The molecule has 0 aliphatic carbocycles. The van der Waals surface area contributed by atoms with E-state index in [4.69, 9.17) is 4.42 Å². The summed E-state index contributed by atoms with van der Waals surface area (Å²) < 4.78 is 11.5. The summed E-state index contributed by atoms with van der Waals surface area (Å²) in [6.07, 6.45) is 0. The van der Waals surface area contributed by atoms with Crippen molar-refractivity contribution in [2.24, 2.45) is 0 Å². The molecule has 0 atom stereocenters. The maximum absolute atomic E-state index is 6.60. The van der Waals surface area contributed by atoms with Gasteiger partial charge in [-0.2, -0.15) is 0 Å². The predicted molar refractivity (Wildman–Crippen MR) is 289 cm³/mol. The fraction of sp³-hybridized carbons (Fsp3) is 0. The summed E-state index contributed by atoms with van der Waals surface area (Å²) in [6.45, 7) is 0. The van der Waals surface area contributed by atoms with Gasteiger partial charge in [0.25, 0.3) is 0 Å². The van der Waals surface area contributed by atoms with E-state index < -0.39 is 0 Å². The lowest BCUT2D eigenvalue weighted by atomic mass is 9.98. The molecule has 0 radical (unpaired) electrons. The van der Waals surface area contributed by atoms with Gasteiger partial charge >= 0.3 is 0 Å². The molecule has 0 unspecified atom stereocenters. The van der Waals surface area contributed by atoms with Crippen molar-refractivity contribution in [1.29, 1.82) is 0 Å². The fourth-order valence-corrected chi connectivity index (χ4v) is 11.9. The van der Waals surface area contributed by atoms with Crippen LogP contribution in [0.25, 0.3) is 114 Å². The van der Waals surface area contributed by atoms with Crippen LogP contribution in [0.5, 0.6) is 0 Å². The lowest BCUT2D eigenvalue weighted by Crippen LogP contribution is -2.10. The molecule has 0 aliphatic rings. The van der Waals surface area contributed by atoms with Crippen molar-refractivity contribution in [3.63, 3.8) is 0 Å². The summed E-state index contributed by atoms with van der Waals surface area (Å²) in [5, 5.41) is 9.71. The van der Waals surface area contributed by atoms with E-state index in [0.717, 1.165) is 55.8 Å². The van der Waals surface area contributed by atoms with Crippen molar-refractivity contribution in [2.45, 2.75) is 0 Å². The van der Waals surface area contributed by atoms with Crippen molar-refractivity contribution < 1.29 is 4.42 Å². The van der Waals surface area contributed by atoms with Crippen LogP contribution in [0.15, 0.2) is 247 Å². The zero-order valence-electron chi connectivity index (χ0n) is 36.8. The molecule has 318 valence electrons. The van der Waals surface area contributed by atoms with E-state index in [1.807, 2.05) is 17.4 Å². The molecule has 4 heteroatoms. The molecule has 68 heavy (non-hydrogen) atoms. The smallest absolute Gasteiger partial charge is 0.143 e. The Bertz CT molecular complexity index is 4230. The molecule has 0 saturated heterocycles. The molecular weight excluding hydrogens is 845 g/mol. The Hall–Kier alpha value is -8.70. The summed E-state index contributed by atoms with van der Waals surface area (Å²) >= 11 is 1.87. The number of fused-ring (bicyclic) bond motifs is 10. The predicted octanol–water partition coefficient (Wildman–Crippen LogP) is 18.7. The Morgan fingerprint density at radius 3 is 1.85 bits per heavy atom. The van der Waals surface area contributed by atoms with Crippen LogP contribution in [0.3, 0.4) is 0 Å². The Labute approximate surface area is 396 Å². The van der Waals surface area contributed by atoms with Gasteiger partial charge in [0, 0.05) is 64.3 Å². The number of anilines is 3. The Balaban J connectivity index is 0.968. The first-order valence-corrected chi connectivity index (χ1v) is 24.0. The summed E-state index contributed by atoms with van der Waals surface area (Å²) in [5.74, 6) is 0. The zero-order valence-corrected chi connectivity index (χ0v) is 37.6. The van der Waals surface area contributed by atoms with Gasteiger partial charge in [-0.3, -0.25) is 0 Å². The highest BCUT2D eigenvalue weighted by Gasteiger charge is 2.23. The van der Waals surface area contributed by atoms with E-state index >= 15 is 0 Å². The number of furan rings is 1. The molecule has 0 bridgehead atoms. The number of para-hydroxylation sites is 4. The minimum absolute atomic E-state index is 0.895. The van der Waals surface area contributed by atoms with Crippen molar-refractivity contribution >= 4 is 103 Å². The van der Waals surface area contributed by atoms with E-state index in [2.05, 4.69) is 246 Å². The van der Waals surface area contributed by atoms with Crippen LogP contribution < -0.4 is 4.90 Å². The standard InChI is InChI=1S/C64H40N2OS/c1-2-15-43-38-44(31-30-41(43)14-1)42-32-34-47(35-33-42)65(48-18-11-16-45(39-48)50-24-13-25-55-54-22-5-9-28-60(54)67-63(50)55)59-37-36-51(64-62(59)56-23-6-10-29-61(56)68-64)46-17-12-19-49(40-46)66-57-26-7-3-20-52(57)53-21-4-8-27-58(53)66/h1-40H. The molecule has 11 aromatic carbocycles. The summed E-state index contributed by atoms with van der Waals surface area (Å²) in [7, 11) is 0. The largest absolute Gasteiger partial charge is 0.455 e. The summed E-state index contributed by atoms with van der Waals surface area (Å²) in [5.41, 5.74) is 15.5. The van der Waals surface area contributed by atoms with E-state index in [-0.39, 0.29) is 0 Å². The van der Waals surface area contributed by atoms with Gasteiger partial charge in [-0.05, 0) is 111 Å². The highest BCUT2D eigenvalue weighted by Crippen LogP contribution is 2.49. The van der Waals surface area contributed by atoms with Gasteiger partial charge < -0.3 is 13.9 Å². The van der Waals surface area contributed by atoms with Crippen molar-refractivity contribution in [1.82, 2.24) is 4.57 Å². The van der Waals surface area contributed by atoms with Gasteiger partial charge in [-0.15, -0.1) is 11.3 Å². The number of aromatic nitrogens is 1. The Morgan fingerprint density at radius 1 is 0.382 bits per heavy atom. The molecule has 0 spiro atoms.